The highest BCUT2D eigenvalue weighted by atomic mass is 35.5. The van der Waals surface area contributed by atoms with Crippen molar-refractivity contribution in [3.63, 3.8) is 0 Å². The fourth-order valence-electron chi connectivity index (χ4n) is 0.875. The average Bonchev–Trinajstić information content (AvgIpc) is 2.64. The Labute approximate surface area is 83.2 Å². The molecule has 2 N–H and O–H groups in total. The molecule has 5 nitrogen and oxygen atoms in total. The monoisotopic (exact) mass is 215 g/mol. The molecule has 0 fully saturated rings. The van der Waals surface area contributed by atoms with Crippen molar-refractivity contribution in [2.75, 3.05) is 5.73 Å². The number of aromatic nitrogens is 4. The number of nitrogens with two attached hydrogens (primary N) is 1. The van der Waals surface area contributed by atoms with E-state index >= 15 is 0 Å². The van der Waals surface area contributed by atoms with Crippen LogP contribution in [0.25, 0.3) is 0 Å². The molecule has 2 heterocycles. The summed E-state index contributed by atoms with van der Waals surface area (Å²) in [4.78, 5) is 6.31. The molecule has 2 aromatic rings. The van der Waals surface area contributed by atoms with E-state index in [1.807, 2.05) is 0 Å². The zero-order chi connectivity index (χ0) is 9.26. The van der Waals surface area contributed by atoms with Gasteiger partial charge in [0.25, 0.3) is 0 Å². The number of halogens is 1. The summed E-state index contributed by atoms with van der Waals surface area (Å²) in [5.41, 5.74) is 7.09. The summed E-state index contributed by atoms with van der Waals surface area (Å²) in [6, 6.07) is 0. The van der Waals surface area contributed by atoms with Crippen LogP contribution in [0.2, 0.25) is 5.15 Å². The molecule has 13 heavy (non-hydrogen) atoms. The minimum Gasteiger partial charge on any atom is -0.381 e. The van der Waals surface area contributed by atoms with Crippen LogP contribution in [-0.2, 0) is 6.54 Å². The molecular weight excluding hydrogens is 210 g/mol. The normalized spacial score (nSPS) is 10.5. The van der Waals surface area contributed by atoms with E-state index in [-0.39, 0.29) is 0 Å². The minimum absolute atomic E-state index is 0.403. The highest BCUT2D eigenvalue weighted by Crippen LogP contribution is 2.18. The van der Waals surface area contributed by atoms with Gasteiger partial charge in [0.05, 0.1) is 23.1 Å². The Morgan fingerprint density at radius 3 is 3.00 bits per heavy atom. The number of hydrogen-bond acceptors (Lipinski definition) is 5. The van der Waals surface area contributed by atoms with Crippen molar-refractivity contribution in [2.24, 2.45) is 0 Å². The van der Waals surface area contributed by atoms with E-state index in [9.17, 15) is 0 Å². The third kappa shape index (κ3) is 1.78. The van der Waals surface area contributed by atoms with Crippen LogP contribution in [0.3, 0.4) is 0 Å². The van der Waals surface area contributed by atoms with Crippen molar-refractivity contribution in [1.82, 2.24) is 20.0 Å². The first-order chi connectivity index (χ1) is 6.25. The smallest absolute Gasteiger partial charge is 0.165 e. The van der Waals surface area contributed by atoms with Crippen molar-refractivity contribution >= 4 is 28.8 Å². The summed E-state index contributed by atoms with van der Waals surface area (Å²) < 4.78 is 0. The van der Waals surface area contributed by atoms with Crippen molar-refractivity contribution < 1.29 is 0 Å². The van der Waals surface area contributed by atoms with Crippen LogP contribution < -0.4 is 5.73 Å². The third-order valence-electron chi connectivity index (χ3n) is 1.43. The molecular formula is C6H6ClN5S. The third-order valence-corrected chi connectivity index (χ3v) is 2.69. The molecule has 0 unspecified atom stereocenters. The highest BCUT2D eigenvalue weighted by Gasteiger charge is 2.05. The summed E-state index contributed by atoms with van der Waals surface area (Å²) in [6.45, 7) is 0.515. The van der Waals surface area contributed by atoms with Crippen LogP contribution >= 0.6 is 22.9 Å². The molecule has 0 aromatic carbocycles. The second kappa shape index (κ2) is 3.31. The number of anilines is 1. The summed E-state index contributed by atoms with van der Waals surface area (Å²) in [5, 5.41) is 8.36. The lowest BCUT2D eigenvalue weighted by Gasteiger charge is -1.95. The van der Waals surface area contributed by atoms with Crippen molar-refractivity contribution in [1.29, 1.82) is 0 Å². The molecule has 0 aliphatic rings. The van der Waals surface area contributed by atoms with Gasteiger partial charge in [0, 0.05) is 0 Å². The maximum atomic E-state index is 5.80. The fraction of sp³-hybridized carbons (Fsp3) is 0.167. The average molecular weight is 216 g/mol. The lowest BCUT2D eigenvalue weighted by atomic mass is 10.5. The van der Waals surface area contributed by atoms with Gasteiger partial charge in [-0.3, -0.25) is 0 Å². The van der Waals surface area contributed by atoms with Crippen LogP contribution in [-0.4, -0.2) is 20.0 Å². The number of nitrogens with zero attached hydrogens (tertiary/aromatic N) is 4. The first-order valence-corrected chi connectivity index (χ1v) is 4.75. The van der Waals surface area contributed by atoms with Gasteiger partial charge in [-0.1, -0.05) is 11.6 Å². The first-order valence-electron chi connectivity index (χ1n) is 3.49. The Morgan fingerprint density at radius 1 is 1.62 bits per heavy atom. The number of rotatable bonds is 2. The molecule has 0 bridgehead atoms. The lowest BCUT2D eigenvalue weighted by Crippen LogP contribution is -2.03. The topological polar surface area (TPSA) is 69.6 Å². The second-order valence-electron chi connectivity index (χ2n) is 2.37. The van der Waals surface area contributed by atoms with E-state index in [1.54, 1.807) is 5.51 Å². The van der Waals surface area contributed by atoms with Crippen molar-refractivity contribution in [3.8, 4) is 0 Å². The predicted octanol–water partition coefficient (Wildman–Crippen LogP) is 1.02. The SMILES string of the molecule is Nc1cnn(Cc2scnc2Cl)n1. The molecule has 7 heteroatoms. The Morgan fingerprint density at radius 2 is 2.46 bits per heavy atom. The van der Waals surface area contributed by atoms with Crippen LogP contribution in [0.1, 0.15) is 4.88 Å². The maximum absolute atomic E-state index is 5.80. The van der Waals surface area contributed by atoms with Crippen molar-refractivity contribution in [3.05, 3.63) is 21.7 Å². The summed E-state index contributed by atoms with van der Waals surface area (Å²) >= 11 is 7.26. The first kappa shape index (κ1) is 8.46. The van der Waals surface area contributed by atoms with Crippen LogP contribution in [0.15, 0.2) is 11.7 Å². The van der Waals surface area contributed by atoms with Gasteiger partial charge in [-0.2, -0.15) is 9.90 Å². The molecule has 0 spiro atoms. The van der Waals surface area contributed by atoms with Gasteiger partial charge in [0.15, 0.2) is 5.82 Å². The van der Waals surface area contributed by atoms with E-state index in [4.69, 9.17) is 17.3 Å². The molecule has 0 amide bonds. The molecule has 0 aliphatic heterocycles. The Hall–Kier alpha value is -1.14. The van der Waals surface area contributed by atoms with Gasteiger partial charge in [-0.05, 0) is 0 Å². The van der Waals surface area contributed by atoms with Gasteiger partial charge >= 0.3 is 0 Å². The maximum Gasteiger partial charge on any atom is 0.165 e. The zero-order valence-corrected chi connectivity index (χ0v) is 8.09. The number of thiazole rings is 1. The van der Waals surface area contributed by atoms with Crippen LogP contribution in [0.5, 0.6) is 0 Å². The highest BCUT2D eigenvalue weighted by molar-refractivity contribution is 7.10. The van der Waals surface area contributed by atoms with E-state index in [1.165, 1.54) is 22.3 Å². The van der Waals surface area contributed by atoms with E-state index < -0.39 is 0 Å². The molecule has 0 radical (unpaired) electrons. The van der Waals surface area contributed by atoms with Gasteiger partial charge < -0.3 is 5.73 Å². The Balaban J connectivity index is 2.19. The van der Waals surface area contributed by atoms with Crippen LogP contribution in [0.4, 0.5) is 5.82 Å². The van der Waals surface area contributed by atoms with E-state index in [2.05, 4.69) is 15.2 Å². The van der Waals surface area contributed by atoms with Crippen LogP contribution in [0, 0.1) is 0 Å². The fourth-order valence-corrected chi connectivity index (χ4v) is 1.80. The molecule has 0 saturated heterocycles. The van der Waals surface area contributed by atoms with Gasteiger partial charge in [-0.15, -0.1) is 16.4 Å². The predicted molar refractivity (Wildman–Crippen MR) is 50.7 cm³/mol. The molecule has 2 aromatic heterocycles. The number of nitrogen functional groups attached to an aromatic ring is 1. The van der Waals surface area contributed by atoms with E-state index in [0.29, 0.717) is 17.5 Å². The zero-order valence-electron chi connectivity index (χ0n) is 6.51. The lowest BCUT2D eigenvalue weighted by molar-refractivity contribution is 0.598. The van der Waals surface area contributed by atoms with E-state index in [0.717, 1.165) is 4.88 Å². The molecule has 2 rings (SSSR count). The standard InChI is InChI=1S/C6H6ClN5S/c7-6-4(13-3-9-6)2-12-10-1-5(8)11-12/h1,3H,2H2,(H2,8,11). The minimum atomic E-state index is 0.403. The van der Waals surface area contributed by atoms with Gasteiger partial charge in [0.1, 0.15) is 5.15 Å². The molecule has 68 valence electrons. The Bertz CT molecular complexity index is 409. The largest absolute Gasteiger partial charge is 0.381 e. The molecule has 0 aliphatic carbocycles. The number of hydrogen-bond donors (Lipinski definition) is 1. The van der Waals surface area contributed by atoms with Gasteiger partial charge in [-0.25, -0.2) is 4.98 Å². The van der Waals surface area contributed by atoms with Gasteiger partial charge in [0.2, 0.25) is 0 Å². The molecule has 0 atom stereocenters. The Kier molecular flexibility index (Phi) is 2.15. The summed E-state index contributed by atoms with van der Waals surface area (Å²) in [7, 11) is 0. The molecule has 0 saturated carbocycles. The quantitative estimate of drug-likeness (QED) is 0.812. The summed E-state index contributed by atoms with van der Waals surface area (Å²) in [5.74, 6) is 0.403. The second-order valence-corrected chi connectivity index (χ2v) is 3.66. The van der Waals surface area contributed by atoms with Crippen molar-refractivity contribution in [2.45, 2.75) is 6.54 Å². The summed E-state index contributed by atoms with van der Waals surface area (Å²) in [6.07, 6.45) is 1.49.